The van der Waals surface area contributed by atoms with E-state index in [1.165, 1.54) is 30.6 Å². The Morgan fingerprint density at radius 2 is 2.19 bits per heavy atom. The monoisotopic (exact) mass is 216 g/mol. The minimum Gasteiger partial charge on any atom is -0.468 e. The van der Waals surface area contributed by atoms with Crippen LogP contribution < -0.4 is 0 Å². The van der Waals surface area contributed by atoms with E-state index >= 15 is 0 Å². The molecule has 0 fully saturated rings. The molecule has 0 amide bonds. The molecule has 0 radical (unpaired) electrons. The summed E-state index contributed by atoms with van der Waals surface area (Å²) in [6.45, 7) is 7.17. The lowest BCUT2D eigenvalue weighted by Gasteiger charge is -2.53. The highest BCUT2D eigenvalue weighted by atomic mass is 16.3. The minimum absolute atomic E-state index is 0.0990. The SMILES string of the molecule is C[C@@H]1CC=C[C@]2(C)c3occc3CC[C@]12C. The Hall–Kier alpha value is -0.980. The van der Waals surface area contributed by atoms with Crippen molar-refractivity contribution in [2.45, 2.75) is 45.4 Å². The van der Waals surface area contributed by atoms with Crippen molar-refractivity contribution in [2.24, 2.45) is 11.3 Å². The van der Waals surface area contributed by atoms with Gasteiger partial charge in [0.1, 0.15) is 5.76 Å². The first kappa shape index (κ1) is 10.2. The van der Waals surface area contributed by atoms with Crippen molar-refractivity contribution >= 4 is 0 Å². The van der Waals surface area contributed by atoms with Crippen LogP contribution in [-0.4, -0.2) is 0 Å². The van der Waals surface area contributed by atoms with Gasteiger partial charge in [-0.1, -0.05) is 26.0 Å². The van der Waals surface area contributed by atoms with Gasteiger partial charge in [-0.2, -0.15) is 0 Å². The summed E-state index contributed by atoms with van der Waals surface area (Å²) in [5, 5.41) is 0. The van der Waals surface area contributed by atoms with E-state index in [-0.39, 0.29) is 5.41 Å². The van der Waals surface area contributed by atoms with Crippen LogP contribution in [0.2, 0.25) is 0 Å². The van der Waals surface area contributed by atoms with Crippen molar-refractivity contribution in [1.82, 2.24) is 0 Å². The molecule has 0 bridgehead atoms. The van der Waals surface area contributed by atoms with E-state index in [4.69, 9.17) is 4.42 Å². The third-order valence-electron chi connectivity index (χ3n) is 5.35. The lowest BCUT2D eigenvalue weighted by Crippen LogP contribution is -2.49. The number of fused-ring (bicyclic) bond motifs is 3. The van der Waals surface area contributed by atoms with Gasteiger partial charge in [0, 0.05) is 5.41 Å². The van der Waals surface area contributed by atoms with Crippen LogP contribution in [0.1, 0.15) is 44.9 Å². The largest absolute Gasteiger partial charge is 0.468 e. The van der Waals surface area contributed by atoms with Crippen LogP contribution in [0, 0.1) is 11.3 Å². The first-order valence-corrected chi connectivity index (χ1v) is 6.32. The van der Waals surface area contributed by atoms with Crippen molar-refractivity contribution in [2.75, 3.05) is 0 Å². The molecule has 0 aliphatic heterocycles. The van der Waals surface area contributed by atoms with Crippen LogP contribution in [0.5, 0.6) is 0 Å². The molecule has 16 heavy (non-hydrogen) atoms. The molecular formula is C15H20O. The van der Waals surface area contributed by atoms with Gasteiger partial charge >= 0.3 is 0 Å². The topological polar surface area (TPSA) is 13.1 Å². The molecule has 3 atom stereocenters. The van der Waals surface area contributed by atoms with Gasteiger partial charge in [-0.05, 0) is 49.1 Å². The minimum atomic E-state index is 0.0990. The third kappa shape index (κ3) is 1.02. The van der Waals surface area contributed by atoms with Gasteiger partial charge in [0.15, 0.2) is 0 Å². The lowest BCUT2D eigenvalue weighted by molar-refractivity contribution is 0.0623. The number of hydrogen-bond acceptors (Lipinski definition) is 1. The first-order valence-electron chi connectivity index (χ1n) is 6.32. The van der Waals surface area contributed by atoms with Gasteiger partial charge in [-0.3, -0.25) is 0 Å². The molecule has 0 aromatic carbocycles. The Bertz CT molecular complexity index is 442. The predicted molar refractivity (Wildman–Crippen MR) is 65.4 cm³/mol. The van der Waals surface area contributed by atoms with Gasteiger partial charge in [0.25, 0.3) is 0 Å². The molecule has 0 N–H and O–H groups in total. The van der Waals surface area contributed by atoms with E-state index in [9.17, 15) is 0 Å². The van der Waals surface area contributed by atoms with Gasteiger partial charge in [0.05, 0.1) is 6.26 Å². The van der Waals surface area contributed by atoms with Crippen molar-refractivity contribution in [3.05, 3.63) is 35.8 Å². The van der Waals surface area contributed by atoms with Crippen molar-refractivity contribution < 1.29 is 4.42 Å². The summed E-state index contributed by atoms with van der Waals surface area (Å²) in [6, 6.07) is 2.15. The van der Waals surface area contributed by atoms with Crippen LogP contribution in [0.25, 0.3) is 0 Å². The smallest absolute Gasteiger partial charge is 0.117 e. The van der Waals surface area contributed by atoms with Crippen molar-refractivity contribution in [1.29, 1.82) is 0 Å². The summed E-state index contributed by atoms with van der Waals surface area (Å²) in [4.78, 5) is 0. The zero-order valence-electron chi connectivity index (χ0n) is 10.4. The number of allylic oxidation sites excluding steroid dienone is 2. The molecule has 1 heteroatoms. The predicted octanol–water partition coefficient (Wildman–Crippen LogP) is 4.09. The van der Waals surface area contributed by atoms with Crippen LogP contribution in [0.15, 0.2) is 28.9 Å². The summed E-state index contributed by atoms with van der Waals surface area (Å²) in [5.41, 5.74) is 1.87. The Kier molecular flexibility index (Phi) is 1.93. The summed E-state index contributed by atoms with van der Waals surface area (Å²) < 4.78 is 5.79. The molecule has 0 spiro atoms. The molecule has 86 valence electrons. The van der Waals surface area contributed by atoms with Gasteiger partial charge in [0.2, 0.25) is 0 Å². The Morgan fingerprint density at radius 1 is 1.38 bits per heavy atom. The lowest BCUT2D eigenvalue weighted by atomic mass is 9.51. The number of rotatable bonds is 0. The second kappa shape index (κ2) is 3.03. The highest BCUT2D eigenvalue weighted by Gasteiger charge is 2.53. The Morgan fingerprint density at radius 3 is 3.00 bits per heavy atom. The van der Waals surface area contributed by atoms with Gasteiger partial charge in [-0.15, -0.1) is 0 Å². The van der Waals surface area contributed by atoms with Crippen molar-refractivity contribution in [3.8, 4) is 0 Å². The quantitative estimate of drug-likeness (QED) is 0.595. The highest BCUT2D eigenvalue weighted by molar-refractivity contribution is 5.38. The molecule has 1 aromatic heterocycles. The molecule has 3 rings (SSSR count). The van der Waals surface area contributed by atoms with E-state index in [2.05, 4.69) is 39.0 Å². The summed E-state index contributed by atoms with van der Waals surface area (Å²) in [5.74, 6) is 1.95. The van der Waals surface area contributed by atoms with Crippen LogP contribution >= 0.6 is 0 Å². The standard InChI is InChI=1S/C15H20O/c1-11-5-4-8-15(3)13-12(7-10-16-13)6-9-14(11,15)2/h4,7-8,10-11H,5-6,9H2,1-3H3/t11-,14-,15-/m1/s1. The molecule has 0 saturated carbocycles. The molecule has 0 saturated heterocycles. The Labute approximate surface area is 97.5 Å². The zero-order chi connectivity index (χ0) is 11.4. The maximum atomic E-state index is 5.79. The maximum Gasteiger partial charge on any atom is 0.117 e. The van der Waals surface area contributed by atoms with Crippen LogP contribution in [0.3, 0.4) is 0 Å². The second-order valence-corrected chi connectivity index (χ2v) is 5.93. The molecule has 0 unspecified atom stereocenters. The fraction of sp³-hybridized carbons (Fsp3) is 0.600. The highest BCUT2D eigenvalue weighted by Crippen LogP contribution is 2.57. The molecule has 1 heterocycles. The fourth-order valence-electron chi connectivity index (χ4n) is 3.69. The van der Waals surface area contributed by atoms with Gasteiger partial charge < -0.3 is 4.42 Å². The average Bonchev–Trinajstić information content (AvgIpc) is 2.71. The molecule has 1 aromatic rings. The van der Waals surface area contributed by atoms with Gasteiger partial charge in [-0.25, -0.2) is 0 Å². The Balaban J connectivity index is 2.22. The summed E-state index contributed by atoms with van der Waals surface area (Å²) in [7, 11) is 0. The zero-order valence-corrected chi connectivity index (χ0v) is 10.4. The van der Waals surface area contributed by atoms with E-state index < -0.39 is 0 Å². The normalized spacial score (nSPS) is 41.6. The first-order chi connectivity index (χ1) is 7.58. The maximum absolute atomic E-state index is 5.79. The van der Waals surface area contributed by atoms with Crippen LogP contribution in [-0.2, 0) is 11.8 Å². The van der Waals surface area contributed by atoms with Crippen molar-refractivity contribution in [3.63, 3.8) is 0 Å². The number of aryl methyl sites for hydroxylation is 1. The van der Waals surface area contributed by atoms with E-state index in [1.807, 2.05) is 6.26 Å². The molecule has 2 aliphatic carbocycles. The second-order valence-electron chi connectivity index (χ2n) is 5.93. The number of hydrogen-bond donors (Lipinski definition) is 0. The summed E-state index contributed by atoms with van der Waals surface area (Å²) >= 11 is 0. The summed E-state index contributed by atoms with van der Waals surface area (Å²) in [6.07, 6.45) is 10.2. The molecular weight excluding hydrogens is 196 g/mol. The average molecular weight is 216 g/mol. The van der Waals surface area contributed by atoms with Crippen LogP contribution in [0.4, 0.5) is 0 Å². The molecule has 1 nitrogen and oxygen atoms in total. The van der Waals surface area contributed by atoms with E-state index in [0.717, 1.165) is 5.92 Å². The number of furan rings is 1. The van der Waals surface area contributed by atoms with E-state index in [1.54, 1.807) is 0 Å². The van der Waals surface area contributed by atoms with E-state index in [0.29, 0.717) is 5.41 Å². The fourth-order valence-corrected chi connectivity index (χ4v) is 3.69. The molecule has 2 aliphatic rings. The third-order valence-corrected chi connectivity index (χ3v) is 5.35.